The Balaban J connectivity index is 1.99. The molecule has 0 amide bonds. The zero-order valence-electron chi connectivity index (χ0n) is 11.0. The lowest BCUT2D eigenvalue weighted by atomic mass is 10.0. The molecule has 0 spiro atoms. The Hall–Kier alpha value is -1.68. The highest BCUT2D eigenvalue weighted by molar-refractivity contribution is 5.13. The van der Waals surface area contributed by atoms with E-state index >= 15 is 0 Å². The molecule has 0 bridgehead atoms. The molecule has 2 aromatic rings. The molecule has 1 unspecified atom stereocenters. The third-order valence-electron chi connectivity index (χ3n) is 2.94. The van der Waals surface area contributed by atoms with E-state index in [-0.39, 0.29) is 0 Å². The molecular formula is C14H20N4. The molecule has 4 heteroatoms. The smallest absolute Gasteiger partial charge is 0.0522 e. The minimum Gasteiger partial charge on any atom is -0.314 e. The first kappa shape index (κ1) is 12.8. The normalized spacial score (nSPS) is 12.6. The van der Waals surface area contributed by atoms with Crippen molar-refractivity contribution >= 4 is 0 Å². The second kappa shape index (κ2) is 6.31. The quantitative estimate of drug-likeness (QED) is 0.839. The van der Waals surface area contributed by atoms with Crippen molar-refractivity contribution in [3.63, 3.8) is 0 Å². The van der Waals surface area contributed by atoms with Gasteiger partial charge in [-0.3, -0.25) is 9.67 Å². The largest absolute Gasteiger partial charge is 0.314 e. The fourth-order valence-corrected chi connectivity index (χ4v) is 2.17. The molecule has 0 aromatic carbocycles. The van der Waals surface area contributed by atoms with Gasteiger partial charge in [-0.1, -0.05) is 13.0 Å². The maximum absolute atomic E-state index is 4.21. The summed E-state index contributed by atoms with van der Waals surface area (Å²) in [6.07, 6.45) is 9.76. The zero-order chi connectivity index (χ0) is 12.8. The first-order valence-electron chi connectivity index (χ1n) is 6.37. The van der Waals surface area contributed by atoms with Gasteiger partial charge in [0.05, 0.1) is 6.20 Å². The molecule has 1 N–H and O–H groups in total. The van der Waals surface area contributed by atoms with Gasteiger partial charge in [0.1, 0.15) is 0 Å². The SMILES string of the molecule is CCNC(Cc1cccnc1)Cc1cnn(C)c1. The van der Waals surface area contributed by atoms with Crippen LogP contribution in [0.15, 0.2) is 36.9 Å². The predicted octanol–water partition coefficient (Wildman–Crippen LogP) is 1.58. The molecule has 4 nitrogen and oxygen atoms in total. The van der Waals surface area contributed by atoms with Crippen LogP contribution >= 0.6 is 0 Å². The van der Waals surface area contributed by atoms with Crippen LogP contribution in [0, 0.1) is 0 Å². The van der Waals surface area contributed by atoms with Gasteiger partial charge < -0.3 is 5.32 Å². The van der Waals surface area contributed by atoms with Crippen LogP contribution in [0.5, 0.6) is 0 Å². The summed E-state index contributed by atoms with van der Waals surface area (Å²) >= 11 is 0. The van der Waals surface area contributed by atoms with Crippen molar-refractivity contribution in [2.75, 3.05) is 6.54 Å². The molecule has 0 radical (unpaired) electrons. The Bertz CT molecular complexity index is 464. The average Bonchev–Trinajstić information content (AvgIpc) is 2.76. The Kier molecular flexibility index (Phi) is 4.47. The van der Waals surface area contributed by atoms with E-state index in [1.54, 1.807) is 0 Å². The highest BCUT2D eigenvalue weighted by Crippen LogP contribution is 2.07. The third kappa shape index (κ3) is 3.67. The van der Waals surface area contributed by atoms with E-state index in [0.717, 1.165) is 19.4 Å². The van der Waals surface area contributed by atoms with Crippen LogP contribution < -0.4 is 5.32 Å². The minimum absolute atomic E-state index is 0.434. The van der Waals surface area contributed by atoms with E-state index in [1.807, 2.05) is 36.4 Å². The molecule has 2 heterocycles. The number of hydrogen-bond acceptors (Lipinski definition) is 3. The van der Waals surface area contributed by atoms with Crippen LogP contribution in [0.3, 0.4) is 0 Å². The molecule has 0 aliphatic carbocycles. The van der Waals surface area contributed by atoms with E-state index in [9.17, 15) is 0 Å². The zero-order valence-corrected chi connectivity index (χ0v) is 11.0. The Morgan fingerprint density at radius 1 is 1.28 bits per heavy atom. The number of aryl methyl sites for hydroxylation is 1. The van der Waals surface area contributed by atoms with Gasteiger partial charge in [0.25, 0.3) is 0 Å². The van der Waals surface area contributed by atoms with Crippen molar-refractivity contribution in [2.45, 2.75) is 25.8 Å². The monoisotopic (exact) mass is 244 g/mol. The molecule has 0 aliphatic rings. The number of nitrogens with zero attached hydrogens (tertiary/aromatic N) is 3. The maximum atomic E-state index is 4.21. The van der Waals surface area contributed by atoms with Crippen molar-refractivity contribution in [3.05, 3.63) is 48.0 Å². The molecule has 96 valence electrons. The number of likely N-dealkylation sites (N-methyl/N-ethyl adjacent to an activating group) is 1. The Morgan fingerprint density at radius 3 is 2.72 bits per heavy atom. The van der Waals surface area contributed by atoms with Crippen molar-refractivity contribution in [1.82, 2.24) is 20.1 Å². The first-order valence-corrected chi connectivity index (χ1v) is 6.37. The van der Waals surface area contributed by atoms with E-state index in [4.69, 9.17) is 0 Å². The number of rotatable bonds is 6. The van der Waals surface area contributed by atoms with Crippen LogP contribution in [0.25, 0.3) is 0 Å². The highest BCUT2D eigenvalue weighted by atomic mass is 15.2. The molecule has 18 heavy (non-hydrogen) atoms. The van der Waals surface area contributed by atoms with E-state index in [0.29, 0.717) is 6.04 Å². The summed E-state index contributed by atoms with van der Waals surface area (Å²) in [4.78, 5) is 4.16. The average molecular weight is 244 g/mol. The molecule has 0 fully saturated rings. The van der Waals surface area contributed by atoms with E-state index in [1.165, 1.54) is 11.1 Å². The third-order valence-corrected chi connectivity index (χ3v) is 2.94. The lowest BCUT2D eigenvalue weighted by Gasteiger charge is -2.16. The summed E-state index contributed by atoms with van der Waals surface area (Å²) < 4.78 is 1.85. The number of pyridine rings is 1. The number of nitrogens with one attached hydrogen (secondary N) is 1. The molecule has 1 atom stereocenters. The predicted molar refractivity (Wildman–Crippen MR) is 72.3 cm³/mol. The summed E-state index contributed by atoms with van der Waals surface area (Å²) in [6, 6.07) is 4.55. The lowest BCUT2D eigenvalue weighted by molar-refractivity contribution is 0.520. The molecule has 0 saturated heterocycles. The Morgan fingerprint density at radius 2 is 2.11 bits per heavy atom. The number of hydrogen-bond donors (Lipinski definition) is 1. The second-order valence-electron chi connectivity index (χ2n) is 4.55. The summed E-state index contributed by atoms with van der Waals surface area (Å²) in [5, 5.41) is 7.74. The summed E-state index contributed by atoms with van der Waals surface area (Å²) in [7, 11) is 1.95. The molecule has 2 rings (SSSR count). The van der Waals surface area contributed by atoms with Gasteiger partial charge in [0.2, 0.25) is 0 Å². The second-order valence-corrected chi connectivity index (χ2v) is 4.55. The highest BCUT2D eigenvalue weighted by Gasteiger charge is 2.10. The Labute approximate surface area is 108 Å². The van der Waals surface area contributed by atoms with Gasteiger partial charge in [-0.2, -0.15) is 5.10 Å². The summed E-state index contributed by atoms with van der Waals surface area (Å²) in [5.74, 6) is 0. The summed E-state index contributed by atoms with van der Waals surface area (Å²) in [5.41, 5.74) is 2.54. The van der Waals surface area contributed by atoms with Crippen LogP contribution in [0.2, 0.25) is 0 Å². The van der Waals surface area contributed by atoms with Gasteiger partial charge in [0.15, 0.2) is 0 Å². The van der Waals surface area contributed by atoms with Crippen molar-refractivity contribution in [3.8, 4) is 0 Å². The maximum Gasteiger partial charge on any atom is 0.0522 e. The molecular weight excluding hydrogens is 224 g/mol. The van der Waals surface area contributed by atoms with Crippen molar-refractivity contribution in [2.24, 2.45) is 7.05 Å². The fraction of sp³-hybridized carbons (Fsp3) is 0.429. The first-order chi connectivity index (χ1) is 8.78. The van der Waals surface area contributed by atoms with Gasteiger partial charge in [-0.05, 0) is 36.6 Å². The fourth-order valence-electron chi connectivity index (χ4n) is 2.17. The van der Waals surface area contributed by atoms with Crippen LogP contribution in [0.1, 0.15) is 18.1 Å². The van der Waals surface area contributed by atoms with Gasteiger partial charge in [0, 0.05) is 31.7 Å². The van der Waals surface area contributed by atoms with Gasteiger partial charge >= 0.3 is 0 Å². The van der Waals surface area contributed by atoms with Crippen molar-refractivity contribution < 1.29 is 0 Å². The molecule has 0 aliphatic heterocycles. The topological polar surface area (TPSA) is 42.7 Å². The van der Waals surface area contributed by atoms with E-state index in [2.05, 4.69) is 34.6 Å². The molecule has 0 saturated carbocycles. The van der Waals surface area contributed by atoms with Gasteiger partial charge in [-0.25, -0.2) is 0 Å². The molecule has 2 aromatic heterocycles. The van der Waals surface area contributed by atoms with E-state index < -0.39 is 0 Å². The van der Waals surface area contributed by atoms with Crippen LogP contribution in [-0.2, 0) is 19.9 Å². The standard InChI is InChI=1S/C14H20N4/c1-3-16-14(7-12-5-4-6-15-9-12)8-13-10-17-18(2)11-13/h4-6,9-11,14,16H,3,7-8H2,1-2H3. The lowest BCUT2D eigenvalue weighted by Crippen LogP contribution is -2.33. The summed E-state index contributed by atoms with van der Waals surface area (Å²) in [6.45, 7) is 3.12. The van der Waals surface area contributed by atoms with Crippen molar-refractivity contribution in [1.29, 1.82) is 0 Å². The minimum atomic E-state index is 0.434. The van der Waals surface area contributed by atoms with Crippen LogP contribution in [-0.4, -0.2) is 27.4 Å². The van der Waals surface area contributed by atoms with Crippen LogP contribution in [0.4, 0.5) is 0 Å². The number of aromatic nitrogens is 3. The van der Waals surface area contributed by atoms with Gasteiger partial charge in [-0.15, -0.1) is 0 Å².